The lowest BCUT2D eigenvalue weighted by Crippen LogP contribution is -2.52. The van der Waals surface area contributed by atoms with Gasteiger partial charge in [0.15, 0.2) is 0 Å². The van der Waals surface area contributed by atoms with Gasteiger partial charge < -0.3 is 4.89 Å². The van der Waals surface area contributed by atoms with Crippen LogP contribution in [0.25, 0.3) is 0 Å². The third kappa shape index (κ3) is 4.39. The van der Waals surface area contributed by atoms with Gasteiger partial charge in [0.1, 0.15) is 6.54 Å². The SMILES string of the molecule is NP(=O)([O-])[N+](CCCl)(CCCl)Cc1ccccc1[N+](=O)[O-]. The fraction of sp³-hybridized carbons (Fsp3) is 0.455. The van der Waals surface area contributed by atoms with E-state index < -0.39 is 16.8 Å². The molecule has 0 aliphatic heterocycles. The first kappa shape index (κ1) is 18.4. The fourth-order valence-corrected chi connectivity index (χ4v) is 4.09. The first-order chi connectivity index (χ1) is 9.77. The number of benzene rings is 1. The summed E-state index contributed by atoms with van der Waals surface area (Å²) in [4.78, 5) is 22.5. The normalized spacial score (nSPS) is 14.7. The summed E-state index contributed by atoms with van der Waals surface area (Å²) in [5.41, 5.74) is 5.47. The lowest BCUT2D eigenvalue weighted by atomic mass is 10.1. The number of hydrogen-bond donors (Lipinski definition) is 1. The molecular formula is C11H16Cl2N3O4P. The van der Waals surface area contributed by atoms with Crippen molar-refractivity contribution in [2.75, 3.05) is 24.8 Å². The van der Waals surface area contributed by atoms with Crippen LogP contribution in [0.3, 0.4) is 0 Å². The first-order valence-corrected chi connectivity index (χ1v) is 8.79. The molecule has 0 heterocycles. The van der Waals surface area contributed by atoms with Crippen LogP contribution in [0.2, 0.25) is 0 Å². The minimum atomic E-state index is -4.36. The Labute approximate surface area is 132 Å². The smallest absolute Gasteiger partial charge is 0.278 e. The van der Waals surface area contributed by atoms with Gasteiger partial charge in [-0.05, 0) is 6.07 Å². The maximum atomic E-state index is 12.0. The van der Waals surface area contributed by atoms with Crippen molar-refractivity contribution in [2.45, 2.75) is 6.54 Å². The predicted molar refractivity (Wildman–Crippen MR) is 80.0 cm³/mol. The highest BCUT2D eigenvalue weighted by atomic mass is 35.5. The Bertz CT molecular complexity index is 546. The molecule has 10 heteroatoms. The van der Waals surface area contributed by atoms with Gasteiger partial charge in [-0.15, -0.1) is 23.2 Å². The molecule has 1 aromatic carbocycles. The van der Waals surface area contributed by atoms with E-state index in [2.05, 4.69) is 0 Å². The van der Waals surface area contributed by atoms with Gasteiger partial charge in [0.2, 0.25) is 0 Å². The second-order valence-electron chi connectivity index (χ2n) is 4.53. The third-order valence-corrected chi connectivity index (χ3v) is 5.31. The Morgan fingerprint density at radius 1 is 1.24 bits per heavy atom. The Morgan fingerprint density at radius 2 is 1.76 bits per heavy atom. The van der Waals surface area contributed by atoms with Crippen molar-refractivity contribution >= 4 is 36.6 Å². The van der Waals surface area contributed by atoms with Gasteiger partial charge in [0, 0.05) is 6.07 Å². The Balaban J connectivity index is 3.30. The van der Waals surface area contributed by atoms with E-state index in [1.807, 2.05) is 0 Å². The molecule has 1 unspecified atom stereocenters. The lowest BCUT2D eigenvalue weighted by molar-refractivity contribution is -0.838. The molecule has 118 valence electrons. The maximum absolute atomic E-state index is 12.0. The van der Waals surface area contributed by atoms with Crippen molar-refractivity contribution < 1.29 is 18.6 Å². The maximum Gasteiger partial charge on any atom is 0.278 e. The van der Waals surface area contributed by atoms with E-state index in [4.69, 9.17) is 28.7 Å². The second kappa shape index (κ2) is 7.54. The molecule has 7 nitrogen and oxygen atoms in total. The fourth-order valence-electron chi connectivity index (χ4n) is 2.10. The van der Waals surface area contributed by atoms with Crippen LogP contribution < -0.4 is 10.4 Å². The molecule has 1 atom stereocenters. The van der Waals surface area contributed by atoms with E-state index in [-0.39, 0.29) is 42.6 Å². The number of para-hydroxylation sites is 1. The molecule has 21 heavy (non-hydrogen) atoms. The number of nitrogens with two attached hydrogens (primary N) is 1. The summed E-state index contributed by atoms with van der Waals surface area (Å²) in [5, 5.41) is 11.0. The van der Waals surface area contributed by atoms with E-state index in [1.54, 1.807) is 6.07 Å². The average molecular weight is 356 g/mol. The van der Waals surface area contributed by atoms with E-state index in [1.165, 1.54) is 18.2 Å². The quantitative estimate of drug-likeness (QED) is 0.331. The molecular weight excluding hydrogens is 340 g/mol. The van der Waals surface area contributed by atoms with Crippen LogP contribution in [0.5, 0.6) is 0 Å². The third-order valence-electron chi connectivity index (χ3n) is 3.25. The summed E-state index contributed by atoms with van der Waals surface area (Å²) in [6.07, 6.45) is 0. The van der Waals surface area contributed by atoms with Gasteiger partial charge in [-0.1, -0.05) is 12.1 Å². The molecule has 2 N–H and O–H groups in total. The minimum absolute atomic E-state index is 0.0254. The summed E-state index contributed by atoms with van der Waals surface area (Å²) in [5.74, 6) is 0.0852. The summed E-state index contributed by atoms with van der Waals surface area (Å²) in [6, 6.07) is 5.93. The summed E-state index contributed by atoms with van der Waals surface area (Å²) >= 11 is 11.4. The van der Waals surface area contributed by atoms with Gasteiger partial charge in [-0.25, -0.2) is 5.50 Å². The molecule has 1 aromatic rings. The number of quaternary nitrogens is 1. The zero-order valence-electron chi connectivity index (χ0n) is 11.2. The highest BCUT2D eigenvalue weighted by Gasteiger charge is 2.37. The average Bonchev–Trinajstić information content (AvgIpc) is 2.38. The van der Waals surface area contributed by atoms with Gasteiger partial charge in [-0.3, -0.25) is 18.9 Å². The second-order valence-corrected chi connectivity index (χ2v) is 7.26. The largest absolute Gasteiger partial charge is 0.741 e. The summed E-state index contributed by atoms with van der Waals surface area (Å²) in [7, 11) is -4.36. The standard InChI is InChI=1S/C11H16Cl2N3O4P/c12-5-7-16(8-6-13,21(14,19)20)9-10-3-1-2-4-11(10)15(17)18/h1-4H,5-9H2,(H2-,14,19,20). The number of hydrogen-bond acceptors (Lipinski definition) is 4. The topological polar surface area (TPSA) is 109 Å². The van der Waals surface area contributed by atoms with Crippen molar-refractivity contribution in [1.82, 2.24) is 0 Å². The summed E-state index contributed by atoms with van der Waals surface area (Å²) < 4.78 is 11.4. The Morgan fingerprint density at radius 3 is 2.19 bits per heavy atom. The molecule has 0 amide bonds. The number of halogens is 2. The number of rotatable bonds is 8. The molecule has 0 aliphatic rings. The zero-order chi connectivity index (χ0) is 16.1. The first-order valence-electron chi connectivity index (χ1n) is 6.08. The lowest BCUT2D eigenvalue weighted by Gasteiger charge is -2.44. The summed E-state index contributed by atoms with van der Waals surface area (Å²) in [6.45, 7) is -0.0942. The van der Waals surface area contributed by atoms with Crippen molar-refractivity contribution in [1.29, 1.82) is 0 Å². The number of nitro groups is 1. The van der Waals surface area contributed by atoms with Gasteiger partial charge in [0.05, 0.1) is 35.3 Å². The molecule has 0 radical (unpaired) electrons. The van der Waals surface area contributed by atoms with Gasteiger partial charge >= 0.3 is 0 Å². The van der Waals surface area contributed by atoms with Gasteiger partial charge in [0.25, 0.3) is 13.4 Å². The van der Waals surface area contributed by atoms with Crippen LogP contribution in [-0.4, -0.2) is 34.0 Å². The van der Waals surface area contributed by atoms with Crippen molar-refractivity contribution in [3.63, 3.8) is 0 Å². The van der Waals surface area contributed by atoms with E-state index in [9.17, 15) is 19.6 Å². The van der Waals surface area contributed by atoms with Crippen molar-refractivity contribution in [3.8, 4) is 0 Å². The molecule has 0 fully saturated rings. The number of nitro benzene ring substituents is 1. The minimum Gasteiger partial charge on any atom is -0.741 e. The van der Waals surface area contributed by atoms with Crippen molar-refractivity contribution in [2.24, 2.45) is 5.50 Å². The van der Waals surface area contributed by atoms with Gasteiger partial charge in [-0.2, -0.15) is 0 Å². The molecule has 0 spiro atoms. The molecule has 0 saturated carbocycles. The van der Waals surface area contributed by atoms with E-state index in [0.29, 0.717) is 0 Å². The van der Waals surface area contributed by atoms with E-state index in [0.717, 1.165) is 0 Å². The van der Waals surface area contributed by atoms with E-state index >= 15 is 0 Å². The molecule has 0 bridgehead atoms. The highest BCUT2D eigenvalue weighted by molar-refractivity contribution is 7.47. The Hall–Kier alpha value is -0.690. The van der Waals surface area contributed by atoms with Crippen LogP contribution in [-0.2, 0) is 11.1 Å². The number of nitrogens with zero attached hydrogens (tertiary/aromatic N) is 2. The monoisotopic (exact) mass is 355 g/mol. The predicted octanol–water partition coefficient (Wildman–Crippen LogP) is 1.82. The molecule has 0 aliphatic carbocycles. The zero-order valence-corrected chi connectivity index (χ0v) is 13.6. The van der Waals surface area contributed by atoms with Crippen LogP contribution in [0.15, 0.2) is 24.3 Å². The molecule has 0 saturated heterocycles. The van der Waals surface area contributed by atoms with Crippen molar-refractivity contribution in [3.05, 3.63) is 39.9 Å². The van der Waals surface area contributed by atoms with Crippen LogP contribution in [0, 0.1) is 10.1 Å². The van der Waals surface area contributed by atoms with Crippen LogP contribution in [0.1, 0.15) is 5.56 Å². The Kier molecular flexibility index (Phi) is 6.59. The number of alkyl halides is 2. The highest BCUT2D eigenvalue weighted by Crippen LogP contribution is 2.43. The molecule has 0 aromatic heterocycles. The van der Waals surface area contributed by atoms with Crippen LogP contribution >= 0.6 is 30.9 Å². The van der Waals surface area contributed by atoms with Crippen LogP contribution in [0.4, 0.5) is 5.69 Å². The molecule has 1 rings (SSSR count).